The second-order valence-corrected chi connectivity index (χ2v) is 5.38. The minimum atomic E-state index is -0.246. The lowest BCUT2D eigenvalue weighted by molar-refractivity contribution is -0.296. The molecule has 2 fully saturated rings. The Morgan fingerprint density at radius 1 is 1.00 bits per heavy atom. The molecule has 0 aromatic heterocycles. The van der Waals surface area contributed by atoms with Crippen LogP contribution >= 0.6 is 0 Å². The van der Waals surface area contributed by atoms with Crippen LogP contribution in [0.25, 0.3) is 0 Å². The highest BCUT2D eigenvalue weighted by molar-refractivity contribution is 5.16. The van der Waals surface area contributed by atoms with Crippen LogP contribution in [0, 0.1) is 11.8 Å². The zero-order chi connectivity index (χ0) is 12.5. The average molecular weight is 248 g/mol. The molecular formula is C15H20O3. The van der Waals surface area contributed by atoms with Gasteiger partial charge >= 0.3 is 0 Å². The maximum Gasteiger partial charge on any atom is 0.184 e. The van der Waals surface area contributed by atoms with Crippen molar-refractivity contribution in [1.82, 2.24) is 0 Å². The highest BCUT2D eigenvalue weighted by Gasteiger charge is 2.41. The van der Waals surface area contributed by atoms with E-state index in [1.54, 1.807) is 0 Å². The molecule has 0 saturated carbocycles. The molecule has 3 heteroatoms. The monoisotopic (exact) mass is 248 g/mol. The van der Waals surface area contributed by atoms with E-state index in [9.17, 15) is 0 Å². The molecule has 18 heavy (non-hydrogen) atoms. The quantitative estimate of drug-likeness (QED) is 0.765. The Kier molecular flexibility index (Phi) is 3.37. The van der Waals surface area contributed by atoms with Gasteiger partial charge in [-0.2, -0.15) is 0 Å². The highest BCUT2D eigenvalue weighted by atomic mass is 16.7. The fourth-order valence-corrected chi connectivity index (χ4v) is 2.69. The van der Waals surface area contributed by atoms with Gasteiger partial charge in [0.2, 0.25) is 0 Å². The van der Waals surface area contributed by atoms with Crippen molar-refractivity contribution < 1.29 is 14.2 Å². The Hall–Kier alpha value is -0.900. The zero-order valence-corrected chi connectivity index (χ0v) is 10.9. The standard InChI is InChI=1S/C15H20O3/c1-10-8-16-13-9-17-15(18-14(13)11(10)2)12-6-4-3-5-7-12/h3-7,10-11,13-15H,8-9H2,1-2H3/t10-,11+,13-,14?,15-/m1/s1. The van der Waals surface area contributed by atoms with Crippen LogP contribution in [0.3, 0.4) is 0 Å². The first-order valence-electron chi connectivity index (χ1n) is 6.69. The van der Waals surface area contributed by atoms with Crippen LogP contribution in [-0.4, -0.2) is 25.4 Å². The summed E-state index contributed by atoms with van der Waals surface area (Å²) in [5.74, 6) is 1.06. The summed E-state index contributed by atoms with van der Waals surface area (Å²) >= 11 is 0. The van der Waals surface area contributed by atoms with E-state index < -0.39 is 0 Å². The Morgan fingerprint density at radius 2 is 1.78 bits per heavy atom. The van der Waals surface area contributed by atoms with E-state index in [0.29, 0.717) is 18.4 Å². The van der Waals surface area contributed by atoms with Gasteiger partial charge in [-0.1, -0.05) is 44.2 Å². The van der Waals surface area contributed by atoms with Crippen LogP contribution in [0.5, 0.6) is 0 Å². The summed E-state index contributed by atoms with van der Waals surface area (Å²) in [6, 6.07) is 10.1. The van der Waals surface area contributed by atoms with Gasteiger partial charge in [0.05, 0.1) is 19.3 Å². The molecule has 1 unspecified atom stereocenters. The molecule has 3 nitrogen and oxygen atoms in total. The van der Waals surface area contributed by atoms with E-state index in [-0.39, 0.29) is 18.5 Å². The lowest BCUT2D eigenvalue weighted by atomic mass is 9.85. The highest BCUT2D eigenvalue weighted by Crippen LogP contribution is 2.36. The maximum atomic E-state index is 6.11. The molecule has 0 amide bonds. The van der Waals surface area contributed by atoms with Crippen LogP contribution in [0.4, 0.5) is 0 Å². The molecule has 0 N–H and O–H groups in total. The van der Waals surface area contributed by atoms with Gasteiger partial charge in [-0.05, 0) is 11.8 Å². The van der Waals surface area contributed by atoms with E-state index >= 15 is 0 Å². The summed E-state index contributed by atoms with van der Waals surface area (Å²) in [4.78, 5) is 0. The summed E-state index contributed by atoms with van der Waals surface area (Å²) in [6.07, 6.45) is -0.00679. The van der Waals surface area contributed by atoms with Gasteiger partial charge in [0.25, 0.3) is 0 Å². The van der Waals surface area contributed by atoms with Gasteiger partial charge in [-0.25, -0.2) is 0 Å². The Bertz CT molecular complexity index is 390. The number of rotatable bonds is 1. The number of benzene rings is 1. The third-order valence-corrected chi connectivity index (χ3v) is 4.12. The lowest BCUT2D eigenvalue weighted by Gasteiger charge is -2.45. The maximum absolute atomic E-state index is 6.11. The smallest absolute Gasteiger partial charge is 0.184 e. The predicted octanol–water partition coefficient (Wildman–Crippen LogP) is 2.77. The molecule has 98 valence electrons. The van der Waals surface area contributed by atoms with E-state index in [1.165, 1.54) is 0 Å². The molecular weight excluding hydrogens is 228 g/mol. The van der Waals surface area contributed by atoms with Crippen molar-refractivity contribution in [2.75, 3.05) is 13.2 Å². The topological polar surface area (TPSA) is 27.7 Å². The van der Waals surface area contributed by atoms with Crippen LogP contribution in [0.15, 0.2) is 30.3 Å². The molecule has 2 aliphatic rings. The number of hydrogen-bond acceptors (Lipinski definition) is 3. The number of hydrogen-bond donors (Lipinski definition) is 0. The summed E-state index contributed by atoms with van der Waals surface area (Å²) in [7, 11) is 0. The van der Waals surface area contributed by atoms with Crippen molar-refractivity contribution >= 4 is 0 Å². The molecule has 2 aliphatic heterocycles. The van der Waals surface area contributed by atoms with Crippen molar-refractivity contribution in [3.05, 3.63) is 35.9 Å². The third-order valence-electron chi connectivity index (χ3n) is 4.12. The van der Waals surface area contributed by atoms with E-state index in [0.717, 1.165) is 12.2 Å². The molecule has 3 rings (SSSR count). The molecule has 1 aromatic rings. The second kappa shape index (κ2) is 5.00. The van der Waals surface area contributed by atoms with Crippen LogP contribution in [-0.2, 0) is 14.2 Å². The average Bonchev–Trinajstić information content (AvgIpc) is 2.44. The molecule has 2 heterocycles. The number of ether oxygens (including phenoxy) is 3. The van der Waals surface area contributed by atoms with Gasteiger partial charge in [0.15, 0.2) is 6.29 Å². The summed E-state index contributed by atoms with van der Waals surface area (Å²) in [5.41, 5.74) is 1.08. The van der Waals surface area contributed by atoms with Crippen molar-refractivity contribution in [3.63, 3.8) is 0 Å². The predicted molar refractivity (Wildman–Crippen MR) is 68.1 cm³/mol. The molecule has 0 aliphatic carbocycles. The first kappa shape index (κ1) is 12.2. The van der Waals surface area contributed by atoms with Crippen LogP contribution in [0.2, 0.25) is 0 Å². The first-order valence-corrected chi connectivity index (χ1v) is 6.69. The molecule has 0 bridgehead atoms. The SMILES string of the molecule is C[C@@H]1CO[C@@H]2CO[C@@H](c3ccccc3)OC2[C@H]1C. The van der Waals surface area contributed by atoms with Gasteiger partial charge in [0.1, 0.15) is 6.10 Å². The van der Waals surface area contributed by atoms with Crippen molar-refractivity contribution in [2.45, 2.75) is 32.3 Å². The Morgan fingerprint density at radius 3 is 2.56 bits per heavy atom. The van der Waals surface area contributed by atoms with Gasteiger partial charge in [-0.3, -0.25) is 0 Å². The van der Waals surface area contributed by atoms with Gasteiger partial charge in [-0.15, -0.1) is 0 Å². The molecule has 0 radical (unpaired) electrons. The fraction of sp³-hybridized carbons (Fsp3) is 0.600. The Balaban J connectivity index is 1.75. The van der Waals surface area contributed by atoms with Crippen molar-refractivity contribution in [3.8, 4) is 0 Å². The molecule has 2 saturated heterocycles. The first-order chi connectivity index (χ1) is 8.75. The van der Waals surface area contributed by atoms with Crippen molar-refractivity contribution in [1.29, 1.82) is 0 Å². The fourth-order valence-electron chi connectivity index (χ4n) is 2.69. The zero-order valence-electron chi connectivity index (χ0n) is 10.9. The molecule has 0 spiro atoms. The van der Waals surface area contributed by atoms with Crippen LogP contribution < -0.4 is 0 Å². The normalized spacial score (nSPS) is 40.2. The summed E-state index contributed by atoms with van der Waals surface area (Å²) < 4.78 is 17.7. The van der Waals surface area contributed by atoms with Gasteiger partial charge in [0, 0.05) is 5.56 Å². The summed E-state index contributed by atoms with van der Waals surface area (Å²) in [5, 5.41) is 0. The van der Waals surface area contributed by atoms with Gasteiger partial charge < -0.3 is 14.2 Å². The minimum Gasteiger partial charge on any atom is -0.373 e. The van der Waals surface area contributed by atoms with Crippen molar-refractivity contribution in [2.24, 2.45) is 11.8 Å². The van der Waals surface area contributed by atoms with E-state index in [4.69, 9.17) is 14.2 Å². The van der Waals surface area contributed by atoms with Crippen LogP contribution in [0.1, 0.15) is 25.7 Å². The minimum absolute atomic E-state index is 0.0937. The molecule has 5 atom stereocenters. The summed E-state index contributed by atoms with van der Waals surface area (Å²) in [6.45, 7) is 5.90. The Labute approximate surface area is 108 Å². The van der Waals surface area contributed by atoms with E-state index in [1.807, 2.05) is 30.3 Å². The number of fused-ring (bicyclic) bond motifs is 1. The molecule has 1 aromatic carbocycles. The lowest BCUT2D eigenvalue weighted by Crippen LogP contribution is -2.51. The van der Waals surface area contributed by atoms with E-state index in [2.05, 4.69) is 13.8 Å². The third kappa shape index (κ3) is 2.18. The second-order valence-electron chi connectivity index (χ2n) is 5.38. The largest absolute Gasteiger partial charge is 0.373 e.